The Kier molecular flexibility index (Phi) is 6.02. The van der Waals surface area contributed by atoms with Crippen LogP contribution in [0.15, 0.2) is 16.5 Å². The average Bonchev–Trinajstić information content (AvgIpc) is 3.09. The van der Waals surface area contributed by atoms with Gasteiger partial charge >= 0.3 is 0 Å². The van der Waals surface area contributed by atoms with Gasteiger partial charge in [0.1, 0.15) is 5.60 Å². The molecule has 6 heteroatoms. The van der Waals surface area contributed by atoms with Crippen molar-refractivity contribution in [3.63, 3.8) is 0 Å². The molecule has 142 valence electrons. The van der Waals surface area contributed by atoms with Gasteiger partial charge in [0.2, 0.25) is 0 Å². The Morgan fingerprint density at radius 2 is 2.04 bits per heavy atom. The summed E-state index contributed by atoms with van der Waals surface area (Å²) in [4.78, 5) is 17.3. The van der Waals surface area contributed by atoms with E-state index in [2.05, 4.69) is 16.7 Å². The maximum Gasteiger partial charge on any atom is 0.289 e. The second-order valence-electron chi connectivity index (χ2n) is 7.53. The summed E-state index contributed by atoms with van der Waals surface area (Å²) in [6.07, 6.45) is 3.20. The Hall–Kier alpha value is -1.81. The lowest BCUT2D eigenvalue weighted by molar-refractivity contribution is 0.0158. The third kappa shape index (κ3) is 5.10. The van der Waals surface area contributed by atoms with Crippen LogP contribution in [0, 0.1) is 11.8 Å². The van der Waals surface area contributed by atoms with E-state index >= 15 is 0 Å². The summed E-state index contributed by atoms with van der Waals surface area (Å²) in [5.74, 6) is 6.13. The molecular formula is C20H28N2O4. The Bertz CT molecular complexity index is 674. The summed E-state index contributed by atoms with van der Waals surface area (Å²) in [6.45, 7) is 8.26. The number of piperidine rings is 1. The minimum Gasteiger partial charge on any atom is -0.443 e. The summed E-state index contributed by atoms with van der Waals surface area (Å²) in [5.41, 5.74) is -1.09. The molecule has 3 rings (SSSR count). The highest BCUT2D eigenvalue weighted by Gasteiger charge is 2.30. The first kappa shape index (κ1) is 19.0. The highest BCUT2D eigenvalue weighted by atomic mass is 16.5. The predicted octanol–water partition coefficient (Wildman–Crippen LogP) is 1.73. The minimum absolute atomic E-state index is 0.0701. The van der Waals surface area contributed by atoms with E-state index in [9.17, 15) is 9.90 Å². The second-order valence-corrected chi connectivity index (χ2v) is 7.53. The first-order chi connectivity index (χ1) is 12.4. The molecule has 1 N–H and O–H groups in total. The molecule has 0 bridgehead atoms. The fraction of sp³-hybridized carbons (Fsp3) is 0.650. The number of carbonyl (C=O) groups excluding carboxylic acids is 1. The normalized spacial score (nSPS) is 22.0. The number of rotatable bonds is 3. The lowest BCUT2D eigenvalue weighted by Crippen LogP contribution is -2.51. The molecule has 0 radical (unpaired) electrons. The Morgan fingerprint density at radius 3 is 2.77 bits per heavy atom. The Labute approximate surface area is 155 Å². The summed E-state index contributed by atoms with van der Waals surface area (Å²) in [7, 11) is 0. The van der Waals surface area contributed by atoms with Crippen molar-refractivity contribution in [2.45, 2.75) is 44.8 Å². The van der Waals surface area contributed by atoms with Crippen LogP contribution < -0.4 is 0 Å². The number of carbonyl (C=O) groups is 1. The van der Waals surface area contributed by atoms with Crippen LogP contribution >= 0.6 is 0 Å². The Balaban J connectivity index is 1.68. The lowest BCUT2D eigenvalue weighted by Gasteiger charge is -2.39. The van der Waals surface area contributed by atoms with E-state index in [-0.39, 0.29) is 11.9 Å². The number of furan rings is 1. The summed E-state index contributed by atoms with van der Waals surface area (Å²) in [6, 6.07) is 3.58. The van der Waals surface area contributed by atoms with Crippen LogP contribution in [-0.2, 0) is 4.74 Å². The molecule has 1 aromatic rings. The summed E-state index contributed by atoms with van der Waals surface area (Å²) >= 11 is 0. The zero-order valence-electron chi connectivity index (χ0n) is 15.7. The number of hydrogen-bond donors (Lipinski definition) is 1. The summed E-state index contributed by atoms with van der Waals surface area (Å²) < 4.78 is 11.0. The topological polar surface area (TPSA) is 66.2 Å². The van der Waals surface area contributed by atoms with Crippen molar-refractivity contribution in [3.05, 3.63) is 23.7 Å². The number of aliphatic hydroxyl groups is 1. The van der Waals surface area contributed by atoms with Crippen LogP contribution in [0.2, 0.25) is 0 Å². The number of likely N-dealkylation sites (tertiary alicyclic amines) is 1. The van der Waals surface area contributed by atoms with Gasteiger partial charge in [-0.3, -0.25) is 9.69 Å². The first-order valence-electron chi connectivity index (χ1n) is 9.39. The van der Waals surface area contributed by atoms with Crippen molar-refractivity contribution in [3.8, 4) is 11.8 Å². The fourth-order valence-electron chi connectivity index (χ4n) is 3.42. The standard InChI is InChI=1S/C20H28N2O4/c1-20(2,24)9-8-17-6-7-18(26-17)19(23)22-10-4-3-5-16(22)15-21-11-13-25-14-12-21/h6-7,16,24H,3-5,10-15H2,1-2H3. The average molecular weight is 360 g/mol. The van der Waals surface area contributed by atoms with Crippen molar-refractivity contribution in [2.24, 2.45) is 0 Å². The van der Waals surface area contributed by atoms with Crippen molar-refractivity contribution in [1.29, 1.82) is 0 Å². The number of amides is 1. The van der Waals surface area contributed by atoms with Crippen molar-refractivity contribution in [1.82, 2.24) is 9.80 Å². The number of nitrogens with zero attached hydrogens (tertiary/aromatic N) is 2. The molecule has 1 unspecified atom stereocenters. The van der Waals surface area contributed by atoms with Crippen LogP contribution in [0.4, 0.5) is 0 Å². The molecule has 0 aliphatic carbocycles. The van der Waals surface area contributed by atoms with E-state index < -0.39 is 5.60 Å². The molecular weight excluding hydrogens is 332 g/mol. The van der Waals surface area contributed by atoms with E-state index in [0.717, 1.165) is 58.7 Å². The minimum atomic E-state index is -1.09. The van der Waals surface area contributed by atoms with Crippen LogP contribution in [0.3, 0.4) is 0 Å². The molecule has 1 aromatic heterocycles. The molecule has 1 atom stereocenters. The van der Waals surface area contributed by atoms with Crippen LogP contribution in [-0.4, -0.2) is 71.8 Å². The smallest absolute Gasteiger partial charge is 0.289 e. The third-order valence-electron chi connectivity index (χ3n) is 4.77. The molecule has 26 heavy (non-hydrogen) atoms. The van der Waals surface area contributed by atoms with Crippen LogP contribution in [0.25, 0.3) is 0 Å². The largest absolute Gasteiger partial charge is 0.443 e. The monoisotopic (exact) mass is 360 g/mol. The zero-order chi connectivity index (χ0) is 18.6. The van der Waals surface area contributed by atoms with Gasteiger partial charge in [-0.2, -0.15) is 0 Å². The molecule has 1 amide bonds. The number of ether oxygens (including phenoxy) is 1. The van der Waals surface area contributed by atoms with Gasteiger partial charge in [0, 0.05) is 32.2 Å². The van der Waals surface area contributed by atoms with Crippen molar-refractivity contribution in [2.75, 3.05) is 39.4 Å². The maximum atomic E-state index is 13.0. The maximum absolute atomic E-state index is 13.0. The van der Waals surface area contributed by atoms with E-state index in [0.29, 0.717) is 11.5 Å². The lowest BCUT2D eigenvalue weighted by atomic mass is 10.0. The molecule has 2 saturated heterocycles. The quantitative estimate of drug-likeness (QED) is 0.832. The van der Waals surface area contributed by atoms with Crippen LogP contribution in [0.5, 0.6) is 0 Å². The number of morpholine rings is 1. The highest BCUT2D eigenvalue weighted by Crippen LogP contribution is 2.22. The zero-order valence-corrected chi connectivity index (χ0v) is 15.7. The van der Waals surface area contributed by atoms with Gasteiger partial charge in [-0.25, -0.2) is 0 Å². The first-order valence-corrected chi connectivity index (χ1v) is 9.39. The van der Waals surface area contributed by atoms with Gasteiger partial charge in [0.05, 0.1) is 13.2 Å². The molecule has 0 saturated carbocycles. The van der Waals surface area contributed by atoms with Crippen LogP contribution in [0.1, 0.15) is 49.4 Å². The van der Waals surface area contributed by atoms with E-state index in [1.165, 1.54) is 0 Å². The van der Waals surface area contributed by atoms with Gasteiger partial charge < -0.3 is 19.2 Å². The molecule has 2 fully saturated rings. The molecule has 3 heterocycles. The van der Waals surface area contributed by atoms with E-state index in [4.69, 9.17) is 9.15 Å². The van der Waals surface area contributed by atoms with Crippen molar-refractivity contribution < 1.29 is 19.1 Å². The molecule has 6 nitrogen and oxygen atoms in total. The summed E-state index contributed by atoms with van der Waals surface area (Å²) in [5, 5.41) is 9.69. The molecule has 0 spiro atoms. The Morgan fingerprint density at radius 1 is 1.27 bits per heavy atom. The third-order valence-corrected chi connectivity index (χ3v) is 4.77. The molecule has 2 aliphatic rings. The van der Waals surface area contributed by atoms with E-state index in [1.54, 1.807) is 26.0 Å². The van der Waals surface area contributed by atoms with Gasteiger partial charge in [0.25, 0.3) is 5.91 Å². The molecule has 2 aliphatic heterocycles. The SMILES string of the molecule is CC(C)(O)C#Cc1ccc(C(=O)N2CCCCC2CN2CCOCC2)o1. The van der Waals surface area contributed by atoms with Gasteiger partial charge in [-0.05, 0) is 51.2 Å². The second kappa shape index (κ2) is 8.26. The molecule has 0 aromatic carbocycles. The van der Waals surface area contributed by atoms with Gasteiger partial charge in [-0.1, -0.05) is 5.92 Å². The van der Waals surface area contributed by atoms with E-state index in [1.807, 2.05) is 4.90 Å². The number of hydrogen-bond acceptors (Lipinski definition) is 5. The van der Waals surface area contributed by atoms with Gasteiger partial charge in [0.15, 0.2) is 11.5 Å². The predicted molar refractivity (Wildman–Crippen MR) is 97.8 cm³/mol. The van der Waals surface area contributed by atoms with Crippen molar-refractivity contribution >= 4 is 5.91 Å². The van der Waals surface area contributed by atoms with Gasteiger partial charge in [-0.15, -0.1) is 0 Å². The fourth-order valence-corrected chi connectivity index (χ4v) is 3.42. The highest BCUT2D eigenvalue weighted by molar-refractivity contribution is 5.92.